The van der Waals surface area contributed by atoms with E-state index in [4.69, 9.17) is 4.52 Å². The SMILES string of the molecule is CCC(C)Sc1ccc(NC(=O)Cc2c(C)noc2C)c(C(F)(F)F)c1. The third kappa shape index (κ3) is 5.03. The number of nitrogens with one attached hydrogen (secondary N) is 1. The van der Waals surface area contributed by atoms with Crippen LogP contribution >= 0.6 is 11.8 Å². The number of alkyl halides is 3. The van der Waals surface area contributed by atoms with E-state index in [0.717, 1.165) is 12.5 Å². The molecule has 0 radical (unpaired) electrons. The standard InChI is InChI=1S/C18H21F3N2O2S/c1-5-10(2)26-13-6-7-16(15(8-13)18(19,20)21)22-17(24)9-14-11(3)23-25-12(14)4/h6-8,10H,5,9H2,1-4H3,(H,22,24). The van der Waals surface area contributed by atoms with Gasteiger partial charge in [0, 0.05) is 15.7 Å². The summed E-state index contributed by atoms with van der Waals surface area (Å²) in [5, 5.41) is 6.31. The summed E-state index contributed by atoms with van der Waals surface area (Å²) in [5.41, 5.74) is 0.0367. The van der Waals surface area contributed by atoms with Gasteiger partial charge in [-0.05, 0) is 38.5 Å². The van der Waals surface area contributed by atoms with Crippen LogP contribution in [0.5, 0.6) is 0 Å². The molecule has 142 valence electrons. The molecule has 1 N–H and O–H groups in total. The van der Waals surface area contributed by atoms with E-state index < -0.39 is 17.6 Å². The second-order valence-corrected chi connectivity index (χ2v) is 7.58. The van der Waals surface area contributed by atoms with Crippen LogP contribution in [0.4, 0.5) is 18.9 Å². The lowest BCUT2D eigenvalue weighted by Crippen LogP contribution is -2.19. The molecule has 1 unspecified atom stereocenters. The number of aromatic nitrogens is 1. The van der Waals surface area contributed by atoms with Crippen molar-refractivity contribution in [1.82, 2.24) is 5.16 Å². The second kappa shape index (κ2) is 8.16. The molecule has 4 nitrogen and oxygen atoms in total. The number of rotatable bonds is 6. The Kier molecular flexibility index (Phi) is 6.39. The molecule has 0 saturated carbocycles. The Hall–Kier alpha value is -1.96. The Morgan fingerprint density at radius 2 is 2.04 bits per heavy atom. The fourth-order valence-corrected chi connectivity index (χ4v) is 3.33. The van der Waals surface area contributed by atoms with Gasteiger partial charge in [-0.3, -0.25) is 4.79 Å². The topological polar surface area (TPSA) is 55.1 Å². The van der Waals surface area contributed by atoms with Crippen LogP contribution in [0.2, 0.25) is 0 Å². The van der Waals surface area contributed by atoms with E-state index >= 15 is 0 Å². The second-order valence-electron chi connectivity index (χ2n) is 6.07. The van der Waals surface area contributed by atoms with Crippen LogP contribution in [0.25, 0.3) is 0 Å². The van der Waals surface area contributed by atoms with E-state index in [1.54, 1.807) is 19.9 Å². The van der Waals surface area contributed by atoms with Gasteiger partial charge in [-0.1, -0.05) is 19.0 Å². The summed E-state index contributed by atoms with van der Waals surface area (Å²) in [4.78, 5) is 12.7. The van der Waals surface area contributed by atoms with Crippen molar-refractivity contribution in [3.8, 4) is 0 Å². The van der Waals surface area contributed by atoms with Crippen molar-refractivity contribution in [2.24, 2.45) is 0 Å². The minimum Gasteiger partial charge on any atom is -0.361 e. The number of benzene rings is 1. The van der Waals surface area contributed by atoms with Crippen LogP contribution in [0.1, 0.15) is 42.8 Å². The lowest BCUT2D eigenvalue weighted by atomic mass is 10.1. The molecular weight excluding hydrogens is 365 g/mol. The molecule has 2 aromatic rings. The number of aryl methyl sites for hydroxylation is 2. The lowest BCUT2D eigenvalue weighted by molar-refractivity contribution is -0.137. The highest BCUT2D eigenvalue weighted by Gasteiger charge is 2.34. The van der Waals surface area contributed by atoms with Gasteiger partial charge in [0.1, 0.15) is 5.76 Å². The van der Waals surface area contributed by atoms with Gasteiger partial charge in [0.2, 0.25) is 5.91 Å². The Balaban J connectivity index is 2.23. The van der Waals surface area contributed by atoms with Crippen LogP contribution in [0, 0.1) is 13.8 Å². The number of hydrogen-bond donors (Lipinski definition) is 1. The number of halogens is 3. The third-order valence-corrected chi connectivity index (χ3v) is 5.26. The average molecular weight is 386 g/mol. The van der Waals surface area contributed by atoms with Crippen LogP contribution in [0.15, 0.2) is 27.6 Å². The van der Waals surface area contributed by atoms with E-state index in [1.807, 2.05) is 13.8 Å². The summed E-state index contributed by atoms with van der Waals surface area (Å²) < 4.78 is 45.2. The van der Waals surface area contributed by atoms with Crippen molar-refractivity contribution in [1.29, 1.82) is 0 Å². The van der Waals surface area contributed by atoms with Crippen LogP contribution < -0.4 is 5.32 Å². The summed E-state index contributed by atoms with van der Waals surface area (Å²) in [7, 11) is 0. The van der Waals surface area contributed by atoms with Gasteiger partial charge in [-0.15, -0.1) is 11.8 Å². The molecule has 0 fully saturated rings. The first-order valence-corrected chi connectivity index (χ1v) is 9.09. The van der Waals surface area contributed by atoms with Crippen LogP contribution in [0.3, 0.4) is 0 Å². The fraction of sp³-hybridized carbons (Fsp3) is 0.444. The molecule has 1 aromatic carbocycles. The highest BCUT2D eigenvalue weighted by Crippen LogP contribution is 2.38. The molecule has 1 atom stereocenters. The molecule has 0 saturated heterocycles. The number of nitrogens with zero attached hydrogens (tertiary/aromatic N) is 1. The van der Waals surface area contributed by atoms with E-state index in [-0.39, 0.29) is 17.4 Å². The zero-order chi connectivity index (χ0) is 19.5. The van der Waals surface area contributed by atoms with Gasteiger partial charge in [0.15, 0.2) is 0 Å². The van der Waals surface area contributed by atoms with Crippen molar-refractivity contribution in [3.05, 3.63) is 40.8 Å². The van der Waals surface area contributed by atoms with Crippen molar-refractivity contribution in [2.45, 2.75) is 56.9 Å². The number of amides is 1. The minimum atomic E-state index is -4.56. The Labute approximate surface area is 154 Å². The molecule has 0 aliphatic rings. The highest BCUT2D eigenvalue weighted by molar-refractivity contribution is 7.99. The molecule has 0 spiro atoms. The van der Waals surface area contributed by atoms with Gasteiger partial charge >= 0.3 is 6.18 Å². The largest absolute Gasteiger partial charge is 0.418 e. The molecule has 0 aliphatic carbocycles. The summed E-state index contributed by atoms with van der Waals surface area (Å²) in [6, 6.07) is 3.98. The smallest absolute Gasteiger partial charge is 0.361 e. The highest BCUT2D eigenvalue weighted by atomic mass is 32.2. The number of thioether (sulfide) groups is 1. The molecule has 0 aliphatic heterocycles. The van der Waals surface area contributed by atoms with Crippen molar-refractivity contribution in [2.75, 3.05) is 5.32 Å². The van der Waals surface area contributed by atoms with E-state index in [9.17, 15) is 18.0 Å². The van der Waals surface area contributed by atoms with Crippen molar-refractivity contribution in [3.63, 3.8) is 0 Å². The molecule has 1 aromatic heterocycles. The maximum absolute atomic E-state index is 13.4. The van der Waals surface area contributed by atoms with Gasteiger partial charge in [0.25, 0.3) is 0 Å². The molecule has 2 rings (SSSR count). The predicted molar refractivity (Wildman–Crippen MR) is 95.4 cm³/mol. The Bertz CT molecular complexity index is 768. The number of hydrogen-bond acceptors (Lipinski definition) is 4. The monoisotopic (exact) mass is 386 g/mol. The van der Waals surface area contributed by atoms with Gasteiger partial charge in [0.05, 0.1) is 23.4 Å². The zero-order valence-electron chi connectivity index (χ0n) is 15.0. The minimum absolute atomic E-state index is 0.0954. The maximum Gasteiger partial charge on any atom is 0.418 e. The van der Waals surface area contributed by atoms with E-state index in [1.165, 1.54) is 17.8 Å². The molecule has 26 heavy (non-hydrogen) atoms. The number of carbonyl (C=O) groups is 1. The van der Waals surface area contributed by atoms with Gasteiger partial charge < -0.3 is 9.84 Å². The zero-order valence-corrected chi connectivity index (χ0v) is 15.8. The maximum atomic E-state index is 13.4. The molecule has 8 heteroatoms. The Morgan fingerprint density at radius 3 is 2.58 bits per heavy atom. The first-order chi connectivity index (χ1) is 12.1. The molecule has 1 amide bonds. The fourth-order valence-electron chi connectivity index (χ4n) is 2.37. The van der Waals surface area contributed by atoms with Crippen molar-refractivity contribution < 1.29 is 22.5 Å². The summed E-state index contributed by atoms with van der Waals surface area (Å²) in [6.45, 7) is 7.27. The quantitative estimate of drug-likeness (QED) is 0.677. The van der Waals surface area contributed by atoms with E-state index in [0.29, 0.717) is 21.9 Å². The number of anilines is 1. The molecule has 1 heterocycles. The van der Waals surface area contributed by atoms with Crippen LogP contribution in [-0.2, 0) is 17.4 Å². The molecular formula is C18H21F3N2O2S. The van der Waals surface area contributed by atoms with Crippen molar-refractivity contribution >= 4 is 23.4 Å². The summed E-state index contributed by atoms with van der Waals surface area (Å²) >= 11 is 1.38. The molecule has 0 bridgehead atoms. The first kappa shape index (κ1) is 20.4. The first-order valence-electron chi connectivity index (χ1n) is 8.21. The Morgan fingerprint density at radius 1 is 1.35 bits per heavy atom. The van der Waals surface area contributed by atoms with Gasteiger partial charge in [-0.25, -0.2) is 0 Å². The van der Waals surface area contributed by atoms with Gasteiger partial charge in [-0.2, -0.15) is 13.2 Å². The summed E-state index contributed by atoms with van der Waals surface area (Å²) in [5.74, 6) is -0.0683. The lowest BCUT2D eigenvalue weighted by Gasteiger charge is -2.16. The number of carbonyl (C=O) groups excluding carboxylic acids is 1. The third-order valence-electron chi connectivity index (χ3n) is 4.00. The van der Waals surface area contributed by atoms with Crippen LogP contribution in [-0.4, -0.2) is 16.3 Å². The average Bonchev–Trinajstić information content (AvgIpc) is 2.87. The normalized spacial score (nSPS) is 12.9. The summed E-state index contributed by atoms with van der Waals surface area (Å²) in [6.07, 6.45) is -3.80. The predicted octanol–water partition coefficient (Wildman–Crippen LogP) is 5.38. The van der Waals surface area contributed by atoms with E-state index in [2.05, 4.69) is 10.5 Å².